The maximum absolute atomic E-state index is 14.2. The third kappa shape index (κ3) is 21.0. The van der Waals surface area contributed by atoms with Crippen LogP contribution in [0.1, 0.15) is 137 Å². The van der Waals surface area contributed by atoms with Gasteiger partial charge in [-0.25, -0.2) is 9.59 Å². The maximum atomic E-state index is 14.2. The van der Waals surface area contributed by atoms with Crippen LogP contribution in [0, 0.1) is 11.8 Å². The molecule has 0 unspecified atom stereocenters. The van der Waals surface area contributed by atoms with Crippen molar-refractivity contribution in [2.24, 2.45) is 11.8 Å². The molecule has 7 aromatic rings. The third-order valence-electron chi connectivity index (χ3n) is 18.8. The average Bonchev–Trinajstić information content (AvgIpc) is 1.58. The molecule has 7 heterocycles. The van der Waals surface area contributed by atoms with Crippen LogP contribution in [-0.2, 0) is 59.8 Å². The number of para-hydroxylation sites is 2. The summed E-state index contributed by atoms with van der Waals surface area (Å²) in [4.78, 5) is 68.0. The number of hydrogen-bond donors (Lipinski definition) is 1. The SMILES string of the molecule is C.CB1OC(c2ccccc2)(c2ccccc2)[C@H]2CCCN12.COC(=O)c1ccc(CCCN2C(=O)C(F)(F)C[C@@H]2/C=C/C(=O)[C@H](C)CCCc2ccccc2)s1.COC(=O)c1ccc(CCCN2C(=O)C(F)(F)C[C@@H]2/C=C/[C@@H](O)[C@H](C)CCCc2ccccc2)s1.[B]1Oc2ccccc2O1. The Kier molecular flexibility index (Phi) is 29.3. The van der Waals surface area contributed by atoms with E-state index in [-0.39, 0.29) is 50.8 Å². The van der Waals surface area contributed by atoms with Gasteiger partial charge in [-0.05, 0) is 161 Å². The summed E-state index contributed by atoms with van der Waals surface area (Å²) in [6.07, 6.45) is 13.6. The average molecular weight is 1420 g/mol. The molecule has 535 valence electrons. The van der Waals surface area contributed by atoms with Gasteiger partial charge in [0.2, 0.25) is 0 Å². The number of aliphatic hydroxyl groups excluding tert-OH is 1. The van der Waals surface area contributed by atoms with Crippen molar-refractivity contribution in [3.63, 3.8) is 0 Å². The minimum absolute atomic E-state index is 0. The monoisotopic (exact) mass is 1420 g/mol. The Balaban J connectivity index is 0.000000184. The van der Waals surface area contributed by atoms with Gasteiger partial charge in [0.15, 0.2) is 5.78 Å². The van der Waals surface area contributed by atoms with Crippen LogP contribution in [0.15, 0.2) is 194 Å². The third-order valence-corrected chi connectivity index (χ3v) is 21.1. The number of esters is 2. The first-order valence-electron chi connectivity index (χ1n) is 34.4. The quantitative estimate of drug-likeness (QED) is 0.0180. The molecule has 2 amide bonds. The summed E-state index contributed by atoms with van der Waals surface area (Å²) < 4.78 is 82.6. The molecule has 0 aliphatic carbocycles. The summed E-state index contributed by atoms with van der Waals surface area (Å²) >= 11 is 2.59. The number of likely N-dealkylation sites (tertiary alicyclic amines) is 2. The molecule has 0 bridgehead atoms. The van der Waals surface area contributed by atoms with E-state index in [4.69, 9.17) is 23.4 Å². The summed E-state index contributed by atoms with van der Waals surface area (Å²) in [5.41, 5.74) is 4.69. The van der Waals surface area contributed by atoms with Crippen LogP contribution in [0.2, 0.25) is 6.82 Å². The van der Waals surface area contributed by atoms with Crippen LogP contribution < -0.4 is 9.31 Å². The Morgan fingerprint density at radius 3 is 1.54 bits per heavy atom. The number of amides is 2. The number of aliphatic hydroxyl groups is 1. The predicted molar refractivity (Wildman–Crippen MR) is 391 cm³/mol. The molecular weight excluding hydrogens is 1330 g/mol. The van der Waals surface area contributed by atoms with E-state index in [0.29, 0.717) is 47.9 Å². The summed E-state index contributed by atoms with van der Waals surface area (Å²) in [6, 6.07) is 55.0. The molecule has 0 spiro atoms. The van der Waals surface area contributed by atoms with Crippen molar-refractivity contribution in [2.75, 3.05) is 33.9 Å². The van der Waals surface area contributed by atoms with Crippen molar-refractivity contribution >= 4 is 66.9 Å². The zero-order valence-electron chi connectivity index (χ0n) is 57.3. The topological polar surface area (TPSA) is 161 Å². The molecule has 22 heteroatoms. The first-order chi connectivity index (χ1) is 48.2. The van der Waals surface area contributed by atoms with Crippen LogP contribution in [0.25, 0.3) is 0 Å². The minimum atomic E-state index is -3.43. The summed E-state index contributed by atoms with van der Waals surface area (Å²) in [5, 5.41) is 10.5. The number of ketones is 1. The number of halogens is 4. The number of rotatable bonds is 26. The number of aryl methyl sites for hydroxylation is 4. The Bertz CT molecular complexity index is 3770. The van der Waals surface area contributed by atoms with Crippen LogP contribution >= 0.6 is 22.7 Å². The molecule has 5 aromatic carbocycles. The highest BCUT2D eigenvalue weighted by atomic mass is 32.1. The number of allylic oxidation sites excluding steroid dienone is 1. The largest absolute Gasteiger partial charge is 0.658 e. The fraction of sp³-hybridized carbons (Fsp3) is 0.405. The van der Waals surface area contributed by atoms with E-state index >= 15 is 0 Å². The molecule has 6 atom stereocenters. The zero-order valence-corrected chi connectivity index (χ0v) is 58.9. The van der Waals surface area contributed by atoms with Crippen molar-refractivity contribution in [1.82, 2.24) is 14.6 Å². The van der Waals surface area contributed by atoms with Gasteiger partial charge < -0.3 is 43.2 Å². The summed E-state index contributed by atoms with van der Waals surface area (Å²) in [6.45, 7) is 7.44. The number of carbonyl (C=O) groups is 5. The fourth-order valence-corrected chi connectivity index (χ4v) is 15.3. The lowest BCUT2D eigenvalue weighted by Crippen LogP contribution is -2.41. The van der Waals surface area contributed by atoms with Gasteiger partial charge >= 0.3 is 38.5 Å². The van der Waals surface area contributed by atoms with Gasteiger partial charge in [0.25, 0.3) is 11.8 Å². The van der Waals surface area contributed by atoms with Gasteiger partial charge in [-0.2, -0.15) is 17.6 Å². The maximum Gasteiger partial charge on any atom is 0.658 e. The first kappa shape index (κ1) is 78.6. The minimum Gasteiger partial charge on any atom is -0.524 e. The Morgan fingerprint density at radius 2 is 1.07 bits per heavy atom. The van der Waals surface area contributed by atoms with E-state index < -0.39 is 66.6 Å². The second-order valence-corrected chi connectivity index (χ2v) is 28.1. The molecule has 0 saturated carbocycles. The number of methoxy groups -OCH3 is 2. The molecule has 101 heavy (non-hydrogen) atoms. The number of fused-ring (bicyclic) bond motifs is 2. The lowest BCUT2D eigenvalue weighted by molar-refractivity contribution is -0.148. The summed E-state index contributed by atoms with van der Waals surface area (Å²) in [7, 11) is 4.13. The molecule has 2 aromatic heterocycles. The molecular formula is C79H92B2F4N3O11S2. The lowest BCUT2D eigenvalue weighted by atomic mass is 9.79. The highest BCUT2D eigenvalue weighted by molar-refractivity contribution is 7.14. The van der Waals surface area contributed by atoms with E-state index in [1.165, 1.54) is 102 Å². The van der Waals surface area contributed by atoms with Crippen molar-refractivity contribution < 1.29 is 70.1 Å². The van der Waals surface area contributed by atoms with Gasteiger partial charge in [-0.3, -0.25) is 14.4 Å². The van der Waals surface area contributed by atoms with Crippen molar-refractivity contribution in [1.29, 1.82) is 0 Å². The molecule has 5 aliphatic heterocycles. The highest BCUT2D eigenvalue weighted by Gasteiger charge is 2.57. The molecule has 12 rings (SSSR count). The number of hydrogen-bond acceptors (Lipinski definition) is 14. The number of carbonyl (C=O) groups excluding carboxylic acids is 5. The van der Waals surface area contributed by atoms with Gasteiger partial charge in [-0.1, -0.05) is 173 Å². The fourth-order valence-electron chi connectivity index (χ4n) is 13.4. The molecule has 4 saturated heterocycles. The number of nitrogens with zero attached hydrogens (tertiary/aromatic N) is 3. The summed E-state index contributed by atoms with van der Waals surface area (Å²) in [5.74, 6) is -8.80. The van der Waals surface area contributed by atoms with Crippen LogP contribution in [0.3, 0.4) is 0 Å². The van der Waals surface area contributed by atoms with Crippen LogP contribution in [-0.4, -0.2) is 134 Å². The van der Waals surface area contributed by atoms with Crippen molar-refractivity contribution in [3.8, 4) is 11.5 Å². The van der Waals surface area contributed by atoms with E-state index in [1.807, 2.05) is 80.6 Å². The molecule has 5 aliphatic rings. The number of alkyl halides is 4. The van der Waals surface area contributed by atoms with Gasteiger partial charge in [-0.15, -0.1) is 22.7 Å². The van der Waals surface area contributed by atoms with E-state index in [9.17, 15) is 46.6 Å². The van der Waals surface area contributed by atoms with Gasteiger partial charge in [0.1, 0.15) is 26.9 Å². The molecule has 1 N–H and O–H groups in total. The van der Waals surface area contributed by atoms with Crippen molar-refractivity contribution in [3.05, 3.63) is 236 Å². The van der Waals surface area contributed by atoms with Crippen molar-refractivity contribution in [2.45, 2.75) is 160 Å². The highest BCUT2D eigenvalue weighted by Crippen LogP contribution is 2.49. The normalized spacial score (nSPS) is 19.2. The molecule has 1 radical (unpaired) electrons. The van der Waals surface area contributed by atoms with E-state index in [0.717, 1.165) is 59.9 Å². The molecule has 4 fully saturated rings. The van der Waals surface area contributed by atoms with Gasteiger partial charge in [0.05, 0.1) is 32.4 Å². The van der Waals surface area contributed by atoms with Gasteiger partial charge in [0, 0.05) is 47.6 Å². The van der Waals surface area contributed by atoms with E-state index in [2.05, 4.69) is 96.6 Å². The Morgan fingerprint density at radius 1 is 0.624 bits per heavy atom. The molecule has 14 nitrogen and oxygen atoms in total. The predicted octanol–water partition coefficient (Wildman–Crippen LogP) is 15.9. The smallest absolute Gasteiger partial charge is 0.524 e. The second kappa shape index (κ2) is 37.7. The Hall–Kier alpha value is -8.14. The zero-order chi connectivity index (χ0) is 71.2. The number of thiophene rings is 2. The standard InChI is InChI=1S/C27H33F2NO4S.C27H31F2NO4S.C18H20BNO.C6H4BO2.CH4/c2*1-19(8-6-11-20-9-4-3-5-10-20)23(31)15-13-21-18-27(28,29)26(33)30(21)17-7-12-22-14-16-24(35-22)25(32)34-2;1-19-20-14-8-13-17(20)18(21-19,15-9-4-2-5-10-15)16-11-6-3-7-12-16;1-2-4-6-5(3-1)8-7-9-6;/h3-5,9-10,13-16,19,21,23,31H,6-8,11-12,17-18H2,1-2H3;3-5,9-10,13-16,19,21H,6-8,11-12,17-18H2,1-2H3;2-7,9-12,17H,8,13-14H2,1H3;1-4H;1H4/b2*15-13+;;;/t19-,21+,23-;19-,21+;17-;;/m111../s1. The van der Waals surface area contributed by atoms with E-state index in [1.54, 1.807) is 30.4 Å². The second-order valence-electron chi connectivity index (χ2n) is 25.8. The number of benzene rings is 5. The first-order valence-corrected chi connectivity index (χ1v) is 36.0. The lowest BCUT2D eigenvalue weighted by Gasteiger charge is -2.36. The van der Waals surface area contributed by atoms with Crippen LogP contribution in [0.5, 0.6) is 11.5 Å². The Labute approximate surface area is 601 Å². The van der Waals surface area contributed by atoms with Crippen LogP contribution in [0.4, 0.5) is 17.6 Å². The number of ether oxygens (including phenoxy) is 2.